The number of nitrogens with zero attached hydrogens (tertiary/aromatic N) is 1. The van der Waals surface area contributed by atoms with E-state index in [4.69, 9.17) is 5.26 Å². The summed E-state index contributed by atoms with van der Waals surface area (Å²) in [6.07, 6.45) is 4.17. The molecule has 104 valence electrons. The molecule has 0 saturated carbocycles. The zero-order valence-electron chi connectivity index (χ0n) is 12.0. The molecule has 0 amide bonds. The number of carbonyl (C=O) groups is 1. The van der Waals surface area contributed by atoms with E-state index in [0.29, 0.717) is 13.0 Å². The third kappa shape index (κ3) is 6.02. The number of nitriles is 1. The van der Waals surface area contributed by atoms with Crippen molar-refractivity contribution in [2.45, 2.75) is 65.3 Å². The number of unbranched alkanes of at least 4 members (excludes halogenated alkanes) is 1. The van der Waals surface area contributed by atoms with Gasteiger partial charge in [0.1, 0.15) is 5.54 Å². The zero-order chi connectivity index (χ0) is 14.2. The zero-order valence-corrected chi connectivity index (χ0v) is 12.0. The largest absolute Gasteiger partial charge is 0.480 e. The van der Waals surface area contributed by atoms with Gasteiger partial charge in [-0.3, -0.25) is 4.79 Å². The lowest BCUT2D eigenvalue weighted by Crippen LogP contribution is -2.49. The van der Waals surface area contributed by atoms with Crippen LogP contribution >= 0.6 is 0 Å². The molecule has 0 radical (unpaired) electrons. The number of aliphatic carboxylic acids is 1. The molecule has 2 N–H and O–H groups in total. The predicted octanol–water partition coefficient (Wildman–Crippen LogP) is 2.94. The van der Waals surface area contributed by atoms with Crippen molar-refractivity contribution in [3.05, 3.63) is 0 Å². The van der Waals surface area contributed by atoms with E-state index in [1.165, 1.54) is 0 Å². The molecule has 0 saturated heterocycles. The van der Waals surface area contributed by atoms with Gasteiger partial charge < -0.3 is 10.4 Å². The van der Waals surface area contributed by atoms with E-state index < -0.39 is 11.5 Å². The van der Waals surface area contributed by atoms with Crippen molar-refractivity contribution in [2.24, 2.45) is 5.41 Å². The molecule has 0 bridgehead atoms. The fourth-order valence-electron chi connectivity index (χ4n) is 1.88. The number of rotatable bonds is 9. The molecule has 4 nitrogen and oxygen atoms in total. The van der Waals surface area contributed by atoms with E-state index in [2.05, 4.69) is 11.4 Å². The maximum Gasteiger partial charge on any atom is 0.323 e. The minimum atomic E-state index is -0.820. The van der Waals surface area contributed by atoms with Gasteiger partial charge in [-0.25, -0.2) is 0 Å². The summed E-state index contributed by atoms with van der Waals surface area (Å²) in [6.45, 7) is 8.26. The van der Waals surface area contributed by atoms with Crippen LogP contribution in [-0.4, -0.2) is 23.2 Å². The molecule has 0 rings (SSSR count). The molecule has 0 spiro atoms. The summed E-state index contributed by atoms with van der Waals surface area (Å²) in [5.74, 6) is -0.790. The lowest BCUT2D eigenvalue weighted by Gasteiger charge is -2.26. The Labute approximate surface area is 110 Å². The summed E-state index contributed by atoms with van der Waals surface area (Å²) in [4.78, 5) is 11.2. The van der Waals surface area contributed by atoms with Gasteiger partial charge in [0.25, 0.3) is 0 Å². The van der Waals surface area contributed by atoms with Gasteiger partial charge >= 0.3 is 5.97 Å². The molecule has 4 heteroatoms. The van der Waals surface area contributed by atoms with Crippen LogP contribution < -0.4 is 5.32 Å². The Kier molecular flexibility index (Phi) is 6.93. The van der Waals surface area contributed by atoms with Gasteiger partial charge in [0.2, 0.25) is 0 Å². The first-order valence-corrected chi connectivity index (χ1v) is 6.67. The first kappa shape index (κ1) is 16.9. The standard InChI is InChI=1S/C14H26N2O2/c1-5-8-14(4,12(17)18)16-10-7-6-9-13(2,3)11-15/h16H,5-10H2,1-4H3,(H,17,18). The highest BCUT2D eigenvalue weighted by Crippen LogP contribution is 2.21. The predicted molar refractivity (Wildman–Crippen MR) is 72.2 cm³/mol. The van der Waals surface area contributed by atoms with Gasteiger partial charge in [-0.2, -0.15) is 5.26 Å². The third-order valence-electron chi connectivity index (χ3n) is 3.27. The van der Waals surface area contributed by atoms with Crippen LogP contribution in [0.1, 0.15) is 59.8 Å². The molecule has 0 fully saturated rings. The summed E-state index contributed by atoms with van der Waals surface area (Å²) < 4.78 is 0. The molecular formula is C14H26N2O2. The smallest absolute Gasteiger partial charge is 0.323 e. The molecule has 0 heterocycles. The molecule has 18 heavy (non-hydrogen) atoms. The SMILES string of the molecule is CCCC(C)(NCCCCC(C)(C)C#N)C(=O)O. The normalized spacial score (nSPS) is 14.8. The fourth-order valence-corrected chi connectivity index (χ4v) is 1.88. The van der Waals surface area contributed by atoms with Crippen LogP contribution in [0.25, 0.3) is 0 Å². The fraction of sp³-hybridized carbons (Fsp3) is 0.857. The van der Waals surface area contributed by atoms with Crippen LogP contribution in [0.4, 0.5) is 0 Å². The van der Waals surface area contributed by atoms with Crippen molar-refractivity contribution < 1.29 is 9.90 Å². The summed E-state index contributed by atoms with van der Waals surface area (Å²) in [5.41, 5.74) is -1.10. The number of hydrogen-bond acceptors (Lipinski definition) is 3. The summed E-state index contributed by atoms with van der Waals surface area (Å²) >= 11 is 0. The Morgan fingerprint density at radius 3 is 2.33 bits per heavy atom. The number of carboxylic acids is 1. The second-order valence-corrected chi connectivity index (χ2v) is 5.77. The van der Waals surface area contributed by atoms with Crippen molar-refractivity contribution in [3.8, 4) is 6.07 Å². The quantitative estimate of drug-likeness (QED) is 0.620. The number of nitrogens with one attached hydrogen (secondary N) is 1. The monoisotopic (exact) mass is 254 g/mol. The van der Waals surface area contributed by atoms with E-state index in [9.17, 15) is 9.90 Å². The van der Waals surface area contributed by atoms with Gasteiger partial charge in [-0.15, -0.1) is 0 Å². The average molecular weight is 254 g/mol. The van der Waals surface area contributed by atoms with Crippen LogP contribution in [0.3, 0.4) is 0 Å². The second-order valence-electron chi connectivity index (χ2n) is 5.77. The highest BCUT2D eigenvalue weighted by atomic mass is 16.4. The van der Waals surface area contributed by atoms with Crippen molar-refractivity contribution in [3.63, 3.8) is 0 Å². The van der Waals surface area contributed by atoms with E-state index in [0.717, 1.165) is 25.7 Å². The Balaban J connectivity index is 3.96. The Bertz CT molecular complexity index is 307. The van der Waals surface area contributed by atoms with Gasteiger partial charge in [-0.05, 0) is 46.6 Å². The van der Waals surface area contributed by atoms with Gasteiger partial charge in [-0.1, -0.05) is 19.8 Å². The number of carboxylic acid groups (broad SMARTS) is 1. The van der Waals surface area contributed by atoms with E-state index in [-0.39, 0.29) is 5.41 Å². The van der Waals surface area contributed by atoms with Crippen LogP contribution in [0, 0.1) is 16.7 Å². The van der Waals surface area contributed by atoms with Gasteiger partial charge in [0.15, 0.2) is 0 Å². The molecule has 0 aliphatic carbocycles. The molecule has 0 aromatic carbocycles. The van der Waals surface area contributed by atoms with E-state index in [1.807, 2.05) is 20.8 Å². The molecule has 0 aromatic rings. The first-order chi connectivity index (χ1) is 8.27. The van der Waals surface area contributed by atoms with Crippen LogP contribution in [0.15, 0.2) is 0 Å². The summed E-state index contributed by atoms with van der Waals surface area (Å²) in [5, 5.41) is 21.2. The Hall–Kier alpha value is -1.08. The van der Waals surface area contributed by atoms with Crippen LogP contribution in [0.5, 0.6) is 0 Å². The lowest BCUT2D eigenvalue weighted by molar-refractivity contribution is -0.144. The average Bonchev–Trinajstić information content (AvgIpc) is 2.28. The Morgan fingerprint density at radius 2 is 1.89 bits per heavy atom. The van der Waals surface area contributed by atoms with Crippen molar-refractivity contribution in [2.75, 3.05) is 6.54 Å². The van der Waals surface area contributed by atoms with E-state index >= 15 is 0 Å². The molecule has 0 aliphatic heterocycles. The van der Waals surface area contributed by atoms with Crippen molar-refractivity contribution in [1.29, 1.82) is 5.26 Å². The highest BCUT2D eigenvalue weighted by Gasteiger charge is 2.30. The second kappa shape index (κ2) is 7.38. The van der Waals surface area contributed by atoms with E-state index in [1.54, 1.807) is 6.92 Å². The minimum absolute atomic E-state index is 0.278. The molecular weight excluding hydrogens is 228 g/mol. The lowest BCUT2D eigenvalue weighted by atomic mass is 9.89. The van der Waals surface area contributed by atoms with Gasteiger partial charge in [0.05, 0.1) is 11.5 Å². The molecule has 0 aromatic heterocycles. The maximum absolute atomic E-state index is 11.2. The molecule has 1 unspecified atom stereocenters. The van der Waals surface area contributed by atoms with Crippen LogP contribution in [0.2, 0.25) is 0 Å². The summed E-state index contributed by atoms with van der Waals surface area (Å²) in [7, 11) is 0. The third-order valence-corrected chi connectivity index (χ3v) is 3.27. The van der Waals surface area contributed by atoms with Crippen LogP contribution in [-0.2, 0) is 4.79 Å². The molecule has 0 aliphatic rings. The molecule has 1 atom stereocenters. The first-order valence-electron chi connectivity index (χ1n) is 6.67. The number of hydrogen-bond donors (Lipinski definition) is 2. The Morgan fingerprint density at radius 1 is 1.28 bits per heavy atom. The van der Waals surface area contributed by atoms with Gasteiger partial charge in [0, 0.05) is 0 Å². The van der Waals surface area contributed by atoms with Crippen molar-refractivity contribution in [1.82, 2.24) is 5.32 Å². The topological polar surface area (TPSA) is 73.1 Å². The minimum Gasteiger partial charge on any atom is -0.480 e. The highest BCUT2D eigenvalue weighted by molar-refractivity contribution is 5.78. The van der Waals surface area contributed by atoms with Crippen molar-refractivity contribution >= 4 is 5.97 Å². The maximum atomic E-state index is 11.2. The summed E-state index contributed by atoms with van der Waals surface area (Å²) in [6, 6.07) is 2.27.